The summed E-state index contributed by atoms with van der Waals surface area (Å²) in [6, 6.07) is -3.04. The number of carbonyl (C=O) groups is 15. The molecule has 0 aliphatic carbocycles. The molecule has 0 aliphatic heterocycles. The molecule has 0 unspecified atom stereocenters. The third-order valence-corrected chi connectivity index (χ3v) is 20.9. The molecule has 0 bridgehead atoms. The highest BCUT2D eigenvalue weighted by Gasteiger charge is 2.39. The van der Waals surface area contributed by atoms with Crippen LogP contribution >= 0.6 is 11.8 Å². The summed E-state index contributed by atoms with van der Waals surface area (Å²) < 4.78 is 0. The van der Waals surface area contributed by atoms with Crippen molar-refractivity contribution in [3.05, 3.63) is 71.4 Å². The Morgan fingerprint density at radius 1 is 0.424 bits per heavy atom. The first-order chi connectivity index (χ1) is 55.9. The van der Waals surface area contributed by atoms with Crippen LogP contribution in [0.2, 0.25) is 0 Å². The zero-order chi connectivity index (χ0) is 88.5. The van der Waals surface area contributed by atoms with Crippen LogP contribution in [0.3, 0.4) is 0 Å². The standard InChI is InChI=1S/C81H131N21O15S/c1-13-46(7)66(87)80(116)101-64(41-65(86)103)78(114)100-63(40-53-43-89-55-24-16-15-23-54(53)55)77(113)96-58(27-19-22-35-84)75(111)99-62(39-51-28-30-52(42-85)31-29-51)79(115)102-67(47(8)14-2)81(117)92-48(9)69(105)90-49(10)70(106)94-59(32-36-118-12)72(108)91-50(11)71(107)93-56(25-17-20-33-82)73(109)95-57(26-18-21-34-83)74(110)98-61(38-45(5)6)76(112)97-60(68(88)104)37-44(3)4/h15-16,23-24,28-31,43-50,56-64,66-67,89H,13-14,17-22,25-27,32-41,82-84,87H2,1-12H3,(H2,86,103)(H2,88,104)(H,90,105)(H,91,108)(H,92,117)(H,93,107)(H,94,106)(H,95,109)(H,96,113)(H,97,112)(H,98,110)(H,99,111)(H,100,114)(H,101,116)(H,102,115)/t46-,47-,48-,49-,50-,56-,57-,58-,59-,60-,61-,62-,63-,64-,66-,67-/m0/s1. The molecule has 0 saturated heterocycles. The monoisotopic (exact) mass is 1670 g/mol. The fraction of sp³-hybridized carbons (Fsp3) is 0.630. The van der Waals surface area contributed by atoms with Crippen molar-refractivity contribution in [2.45, 2.75) is 270 Å². The van der Waals surface area contributed by atoms with E-state index in [2.05, 4.69) is 74.1 Å². The van der Waals surface area contributed by atoms with E-state index in [-0.39, 0.29) is 101 Å². The summed E-state index contributed by atoms with van der Waals surface area (Å²) in [4.78, 5) is 213. The molecule has 0 spiro atoms. The molecule has 0 radical (unpaired) electrons. The number of primary amides is 2. The highest BCUT2D eigenvalue weighted by Crippen LogP contribution is 2.21. The molecule has 37 heteroatoms. The molecule has 0 saturated carbocycles. The third kappa shape index (κ3) is 35.5. The number of thioether (sulfide) groups is 1. The van der Waals surface area contributed by atoms with Gasteiger partial charge in [-0.2, -0.15) is 17.0 Å². The Kier molecular flexibility index (Phi) is 45.9. The molecule has 0 aliphatic rings. The number of carbonyl (C=O) groups excluding carboxylic acids is 15. The van der Waals surface area contributed by atoms with E-state index >= 15 is 0 Å². The molecule has 0 fully saturated rings. The number of aromatic amines is 1. The number of hydrogen-bond acceptors (Lipinski definition) is 21. The Morgan fingerprint density at radius 3 is 1.27 bits per heavy atom. The van der Waals surface area contributed by atoms with Gasteiger partial charge in [-0.05, 0) is 182 Å². The molecular formula is C81H131N21O15S. The summed E-state index contributed by atoms with van der Waals surface area (Å²) in [5.74, 6) is -13.0. The van der Waals surface area contributed by atoms with E-state index in [0.29, 0.717) is 72.7 Å². The first-order valence-corrected chi connectivity index (χ1v) is 42.2. The lowest BCUT2D eigenvalue weighted by atomic mass is 9.96. The van der Waals surface area contributed by atoms with Crippen LogP contribution in [-0.2, 0) is 84.8 Å². The second kappa shape index (κ2) is 53.2. The summed E-state index contributed by atoms with van der Waals surface area (Å²) in [5, 5.41) is 45.0. The number of fused-ring (bicyclic) bond motifs is 1. The van der Waals surface area contributed by atoms with E-state index in [4.69, 9.17) is 34.4 Å². The Bertz CT molecular complexity index is 3860. The van der Waals surface area contributed by atoms with Crippen LogP contribution in [0.5, 0.6) is 0 Å². The number of nitriles is 1. The van der Waals surface area contributed by atoms with Gasteiger partial charge in [0.25, 0.3) is 0 Å². The topological polar surface area (TPSA) is 608 Å². The minimum atomic E-state index is -1.58. The molecule has 3 rings (SSSR count). The zero-order valence-corrected chi connectivity index (χ0v) is 71.2. The number of H-pyrrole nitrogens is 1. The lowest BCUT2D eigenvalue weighted by molar-refractivity contribution is -0.136. The van der Waals surface area contributed by atoms with Crippen molar-refractivity contribution in [1.29, 1.82) is 5.26 Å². The quantitative estimate of drug-likeness (QED) is 0.0308. The number of benzene rings is 2. The Labute approximate surface area is 696 Å². The van der Waals surface area contributed by atoms with Crippen molar-refractivity contribution in [3.63, 3.8) is 0 Å². The molecule has 118 heavy (non-hydrogen) atoms. The predicted molar refractivity (Wildman–Crippen MR) is 450 cm³/mol. The fourth-order valence-corrected chi connectivity index (χ4v) is 13.1. The Hall–Kier alpha value is -10.3. The third-order valence-electron chi connectivity index (χ3n) is 20.2. The van der Waals surface area contributed by atoms with Crippen LogP contribution in [0.1, 0.15) is 189 Å². The summed E-state index contributed by atoms with van der Waals surface area (Å²) in [5.41, 5.74) is 36.9. The molecule has 36 nitrogen and oxygen atoms in total. The van der Waals surface area contributed by atoms with Gasteiger partial charge in [-0.15, -0.1) is 0 Å². The molecule has 15 amide bonds. The van der Waals surface area contributed by atoms with E-state index in [0.717, 1.165) is 0 Å². The fourth-order valence-electron chi connectivity index (χ4n) is 12.6. The predicted octanol–water partition coefficient (Wildman–Crippen LogP) is -0.801. The maximum atomic E-state index is 14.9. The Morgan fingerprint density at radius 2 is 0.805 bits per heavy atom. The van der Waals surface area contributed by atoms with Gasteiger partial charge in [0.05, 0.1) is 24.1 Å². The summed E-state index contributed by atoms with van der Waals surface area (Å²) >= 11 is 1.35. The number of nitrogens with zero attached hydrogens (tertiary/aromatic N) is 1. The number of aromatic nitrogens is 1. The molecule has 2 aromatic carbocycles. The van der Waals surface area contributed by atoms with Gasteiger partial charge in [0.15, 0.2) is 0 Å². The second-order valence-electron chi connectivity index (χ2n) is 31.1. The first kappa shape index (κ1) is 102. The van der Waals surface area contributed by atoms with Gasteiger partial charge in [0.1, 0.15) is 78.5 Å². The Balaban J connectivity index is 1.88. The van der Waals surface area contributed by atoms with Gasteiger partial charge < -0.3 is 109 Å². The van der Waals surface area contributed by atoms with Crippen LogP contribution in [0, 0.1) is 35.0 Å². The lowest BCUT2D eigenvalue weighted by Gasteiger charge is -2.29. The van der Waals surface area contributed by atoms with Gasteiger partial charge in [0.2, 0.25) is 88.6 Å². The smallest absolute Gasteiger partial charge is 0.243 e. The van der Waals surface area contributed by atoms with Gasteiger partial charge in [-0.1, -0.05) is 98.6 Å². The maximum Gasteiger partial charge on any atom is 0.243 e. The average Bonchev–Trinajstić information content (AvgIpc) is 1.63. The molecule has 3 aromatic rings. The normalized spacial score (nSPS) is 15.4. The van der Waals surface area contributed by atoms with Gasteiger partial charge in [-0.25, -0.2) is 0 Å². The molecule has 1 heterocycles. The van der Waals surface area contributed by atoms with E-state index < -0.39 is 186 Å². The highest BCUT2D eigenvalue weighted by atomic mass is 32.2. The first-order valence-electron chi connectivity index (χ1n) is 40.8. The minimum Gasteiger partial charge on any atom is -0.370 e. The van der Waals surface area contributed by atoms with E-state index in [1.807, 2.05) is 40.7 Å². The number of hydrogen-bond donors (Lipinski definition) is 20. The number of nitrogens with two attached hydrogens (primary N) is 6. The minimum absolute atomic E-state index is 0.000562. The van der Waals surface area contributed by atoms with E-state index in [1.165, 1.54) is 44.7 Å². The van der Waals surface area contributed by atoms with Crippen molar-refractivity contribution < 1.29 is 71.9 Å². The van der Waals surface area contributed by atoms with E-state index in [9.17, 15) is 77.2 Å². The molecule has 26 N–H and O–H groups in total. The molecular weight excluding hydrogens is 1540 g/mol. The second-order valence-corrected chi connectivity index (χ2v) is 32.1. The van der Waals surface area contributed by atoms with Crippen LogP contribution in [-0.4, -0.2) is 210 Å². The molecule has 16 atom stereocenters. The SMILES string of the molecule is CC[C@H](C)[C@H](N)C(=O)N[C@@H](CC(N)=O)C(=O)N[C@@H](Cc1c[nH]c2ccccc12)C(=O)N[C@@H](CCCCN)C(=O)N[C@@H](Cc1ccc(C#N)cc1)C(=O)N[C@H](C(=O)N[C@@H](C)C(=O)N[C@@H](C)C(=O)N[C@@H](CCSC)C(=O)N[C@@H](C)C(=O)N[C@@H](CCCCN)C(=O)N[C@@H](CCCCN)C(=O)N[C@@H](CC(C)C)C(=O)N[C@@H](CC(C)C)C(N)=O)[C@@H](C)CC. The van der Waals surface area contributed by atoms with Crippen molar-refractivity contribution >= 4 is 111 Å². The number of nitrogens with one attached hydrogen (secondary N) is 14. The van der Waals surface area contributed by atoms with Gasteiger partial charge >= 0.3 is 0 Å². The van der Waals surface area contributed by atoms with E-state index in [1.54, 1.807) is 69.6 Å². The number of rotatable bonds is 56. The van der Waals surface area contributed by atoms with Crippen molar-refractivity contribution in [3.8, 4) is 6.07 Å². The number of para-hydroxylation sites is 1. The number of unbranched alkanes of at least 4 members (excludes halogenated alkanes) is 3. The van der Waals surface area contributed by atoms with Crippen molar-refractivity contribution in [2.24, 2.45) is 58.1 Å². The maximum absolute atomic E-state index is 14.9. The summed E-state index contributed by atoms with van der Waals surface area (Å²) in [6.45, 7) is 19.1. The van der Waals surface area contributed by atoms with Crippen LogP contribution in [0.25, 0.3) is 10.9 Å². The summed E-state index contributed by atoms with van der Waals surface area (Å²) in [6.07, 6.45) is 6.08. The largest absolute Gasteiger partial charge is 0.370 e. The summed E-state index contributed by atoms with van der Waals surface area (Å²) in [7, 11) is 0. The van der Waals surface area contributed by atoms with Crippen molar-refractivity contribution in [1.82, 2.24) is 74.1 Å². The van der Waals surface area contributed by atoms with Crippen LogP contribution in [0.15, 0.2) is 54.7 Å². The van der Waals surface area contributed by atoms with Gasteiger partial charge in [0, 0.05) is 29.9 Å². The van der Waals surface area contributed by atoms with Crippen LogP contribution < -0.4 is 104 Å². The van der Waals surface area contributed by atoms with Crippen LogP contribution in [0.4, 0.5) is 0 Å². The highest BCUT2D eigenvalue weighted by molar-refractivity contribution is 7.98. The molecule has 656 valence electrons. The zero-order valence-electron chi connectivity index (χ0n) is 70.4. The lowest BCUT2D eigenvalue weighted by Crippen LogP contribution is -2.61. The van der Waals surface area contributed by atoms with Gasteiger partial charge in [-0.3, -0.25) is 71.9 Å². The average molecular weight is 1670 g/mol. The van der Waals surface area contributed by atoms with Crippen molar-refractivity contribution in [2.75, 3.05) is 31.6 Å². The number of amides is 15. The molecule has 1 aromatic heterocycles.